The summed E-state index contributed by atoms with van der Waals surface area (Å²) in [5.74, 6) is 0.305. The van der Waals surface area contributed by atoms with Crippen LogP contribution in [0.2, 0.25) is 0 Å². The lowest BCUT2D eigenvalue weighted by molar-refractivity contribution is 0.167. The molecule has 5 nitrogen and oxygen atoms in total. The highest BCUT2D eigenvalue weighted by Gasteiger charge is 2.12. The Bertz CT molecular complexity index is 234. The van der Waals surface area contributed by atoms with E-state index in [1.807, 2.05) is 6.92 Å². The van der Waals surface area contributed by atoms with Crippen LogP contribution in [0.1, 0.15) is 13.3 Å². The Morgan fingerprint density at radius 3 is 1.93 bits per heavy atom. The van der Waals surface area contributed by atoms with Gasteiger partial charge in [0.2, 0.25) is 0 Å². The van der Waals surface area contributed by atoms with Crippen LogP contribution in [0, 0.1) is 0 Å². The molecule has 0 bridgehead atoms. The van der Waals surface area contributed by atoms with E-state index in [1.54, 1.807) is 4.90 Å². The number of rotatable bonds is 9. The van der Waals surface area contributed by atoms with Gasteiger partial charge >= 0.3 is 0 Å². The van der Waals surface area contributed by atoms with Gasteiger partial charge in [-0.05, 0) is 6.42 Å². The largest absolute Gasteiger partial charge is 0.395 e. The average molecular weight is 239 g/mol. The second kappa shape index (κ2) is 8.04. The van der Waals surface area contributed by atoms with Crippen molar-refractivity contribution in [1.29, 1.82) is 0 Å². The fraction of sp³-hybridized carbons (Fsp3) is 1.00. The number of aliphatic hydroxyl groups is 2. The van der Waals surface area contributed by atoms with Gasteiger partial charge in [-0.2, -0.15) is 0 Å². The highest BCUT2D eigenvalue weighted by molar-refractivity contribution is 7.91. The van der Waals surface area contributed by atoms with Gasteiger partial charge in [-0.15, -0.1) is 0 Å². The molecule has 6 heteroatoms. The van der Waals surface area contributed by atoms with Crippen molar-refractivity contribution in [2.45, 2.75) is 13.3 Å². The maximum Gasteiger partial charge on any atom is 0.151 e. The van der Waals surface area contributed by atoms with Gasteiger partial charge in [-0.3, -0.25) is 4.90 Å². The molecule has 0 unspecified atom stereocenters. The fourth-order valence-electron chi connectivity index (χ4n) is 1.30. The third kappa shape index (κ3) is 7.72. The average Bonchev–Trinajstić information content (AvgIpc) is 2.15. The Labute approximate surface area is 91.6 Å². The van der Waals surface area contributed by atoms with E-state index < -0.39 is 9.84 Å². The molecule has 0 aliphatic rings. The van der Waals surface area contributed by atoms with Gasteiger partial charge in [0.15, 0.2) is 9.84 Å². The maximum absolute atomic E-state index is 11.4. The van der Waals surface area contributed by atoms with E-state index in [2.05, 4.69) is 0 Å². The topological polar surface area (TPSA) is 77.8 Å². The fourth-order valence-corrected chi connectivity index (χ4v) is 2.66. The molecule has 92 valence electrons. The Balaban J connectivity index is 3.97. The van der Waals surface area contributed by atoms with Crippen LogP contribution in [0.4, 0.5) is 0 Å². The Hall–Kier alpha value is -0.170. The first-order valence-electron chi connectivity index (χ1n) is 5.20. The molecule has 0 spiro atoms. The van der Waals surface area contributed by atoms with Crippen molar-refractivity contribution in [3.8, 4) is 0 Å². The molecule has 0 aromatic rings. The molecule has 0 fully saturated rings. The molecule has 0 heterocycles. The lowest BCUT2D eigenvalue weighted by Crippen LogP contribution is -2.34. The molecular weight excluding hydrogens is 218 g/mol. The van der Waals surface area contributed by atoms with Gasteiger partial charge in [0, 0.05) is 25.4 Å². The molecule has 2 N–H and O–H groups in total. The van der Waals surface area contributed by atoms with E-state index in [1.165, 1.54) is 0 Å². The summed E-state index contributed by atoms with van der Waals surface area (Å²) in [7, 11) is -2.97. The quantitative estimate of drug-likeness (QED) is 0.545. The van der Waals surface area contributed by atoms with Crippen molar-refractivity contribution < 1.29 is 18.6 Å². The number of aliphatic hydroxyl groups excluding tert-OH is 2. The zero-order valence-corrected chi connectivity index (χ0v) is 10.0. The second-order valence-corrected chi connectivity index (χ2v) is 5.74. The smallest absolute Gasteiger partial charge is 0.151 e. The van der Waals surface area contributed by atoms with E-state index in [0.29, 0.717) is 26.1 Å². The van der Waals surface area contributed by atoms with Crippen molar-refractivity contribution in [2.75, 3.05) is 44.4 Å². The van der Waals surface area contributed by atoms with Crippen LogP contribution < -0.4 is 0 Å². The second-order valence-electron chi connectivity index (χ2n) is 3.44. The van der Waals surface area contributed by atoms with E-state index in [0.717, 1.165) is 0 Å². The van der Waals surface area contributed by atoms with Crippen LogP contribution in [0.25, 0.3) is 0 Å². The Kier molecular flexibility index (Phi) is 7.95. The van der Waals surface area contributed by atoms with Gasteiger partial charge in [0.05, 0.1) is 19.0 Å². The predicted molar refractivity (Wildman–Crippen MR) is 59.6 cm³/mol. The van der Waals surface area contributed by atoms with Crippen molar-refractivity contribution >= 4 is 9.84 Å². The van der Waals surface area contributed by atoms with Crippen molar-refractivity contribution in [2.24, 2.45) is 0 Å². The lowest BCUT2D eigenvalue weighted by Gasteiger charge is -2.19. The predicted octanol–water partition coefficient (Wildman–Crippen LogP) is -0.902. The summed E-state index contributed by atoms with van der Waals surface area (Å²) >= 11 is 0. The zero-order valence-electron chi connectivity index (χ0n) is 9.22. The number of hydrogen-bond donors (Lipinski definition) is 2. The van der Waals surface area contributed by atoms with Crippen LogP contribution in [0.3, 0.4) is 0 Å². The van der Waals surface area contributed by atoms with Gasteiger partial charge in [0.1, 0.15) is 0 Å². The highest BCUT2D eigenvalue weighted by atomic mass is 32.2. The van der Waals surface area contributed by atoms with Crippen LogP contribution >= 0.6 is 0 Å². The molecule has 15 heavy (non-hydrogen) atoms. The maximum atomic E-state index is 11.4. The normalized spacial score (nSPS) is 12.3. The van der Waals surface area contributed by atoms with E-state index >= 15 is 0 Å². The molecule has 0 atom stereocenters. The first-order valence-corrected chi connectivity index (χ1v) is 7.02. The third-order valence-corrected chi connectivity index (χ3v) is 3.90. The molecule has 0 aliphatic carbocycles. The molecule has 0 aromatic heterocycles. The van der Waals surface area contributed by atoms with Crippen molar-refractivity contribution in [1.82, 2.24) is 4.90 Å². The minimum absolute atomic E-state index is 0.0200. The lowest BCUT2D eigenvalue weighted by atomic mass is 10.5. The molecule has 0 aromatic carbocycles. The first kappa shape index (κ1) is 14.8. The monoisotopic (exact) mass is 239 g/mol. The summed E-state index contributed by atoms with van der Waals surface area (Å²) in [4.78, 5) is 1.74. The summed E-state index contributed by atoms with van der Waals surface area (Å²) in [5, 5.41) is 17.4. The van der Waals surface area contributed by atoms with Crippen molar-refractivity contribution in [3.63, 3.8) is 0 Å². The van der Waals surface area contributed by atoms with Gasteiger partial charge in [0.25, 0.3) is 0 Å². The first-order chi connectivity index (χ1) is 7.05. The molecule has 0 radical (unpaired) electrons. The van der Waals surface area contributed by atoms with Gasteiger partial charge in [-0.25, -0.2) is 8.42 Å². The standard InChI is InChI=1S/C9H21NO4S/c1-2-8-15(13,14)9-5-10(3-6-11)4-7-12/h11-12H,2-9H2,1H3. The zero-order chi connectivity index (χ0) is 11.7. The van der Waals surface area contributed by atoms with E-state index in [9.17, 15) is 8.42 Å². The number of sulfone groups is 1. The van der Waals surface area contributed by atoms with Gasteiger partial charge < -0.3 is 10.2 Å². The minimum atomic E-state index is -2.97. The molecule has 0 amide bonds. The highest BCUT2D eigenvalue weighted by Crippen LogP contribution is 1.96. The molecule has 0 aliphatic heterocycles. The van der Waals surface area contributed by atoms with Crippen LogP contribution in [-0.4, -0.2) is 67.9 Å². The molecule has 0 saturated heterocycles. The third-order valence-electron chi connectivity index (χ3n) is 2.07. The molecular formula is C9H21NO4S. The van der Waals surface area contributed by atoms with Crippen molar-refractivity contribution in [3.05, 3.63) is 0 Å². The summed E-state index contributed by atoms with van der Waals surface area (Å²) in [5.41, 5.74) is 0. The van der Waals surface area contributed by atoms with Crippen LogP contribution in [-0.2, 0) is 9.84 Å². The Morgan fingerprint density at radius 1 is 1.00 bits per heavy atom. The molecule has 0 saturated carbocycles. The summed E-state index contributed by atoms with van der Waals surface area (Å²) in [6.45, 7) is 2.98. The SMILES string of the molecule is CCCS(=O)(=O)CCN(CCO)CCO. The number of hydrogen-bond acceptors (Lipinski definition) is 5. The van der Waals surface area contributed by atoms with Gasteiger partial charge in [-0.1, -0.05) is 6.92 Å². The van der Waals surface area contributed by atoms with Crippen LogP contribution in [0.5, 0.6) is 0 Å². The summed E-state index contributed by atoms with van der Waals surface area (Å²) in [6.07, 6.45) is 0.627. The minimum Gasteiger partial charge on any atom is -0.395 e. The van der Waals surface area contributed by atoms with E-state index in [-0.39, 0.29) is 24.7 Å². The number of nitrogens with zero attached hydrogens (tertiary/aromatic N) is 1. The summed E-state index contributed by atoms with van der Waals surface area (Å²) in [6, 6.07) is 0. The van der Waals surface area contributed by atoms with Crippen LogP contribution in [0.15, 0.2) is 0 Å². The van der Waals surface area contributed by atoms with E-state index in [4.69, 9.17) is 10.2 Å². The summed E-state index contributed by atoms with van der Waals surface area (Å²) < 4.78 is 22.8. The Morgan fingerprint density at radius 2 is 1.53 bits per heavy atom. The molecule has 0 rings (SSSR count).